The fourth-order valence-electron chi connectivity index (χ4n) is 2.40. The Bertz CT molecular complexity index is 307. The molecule has 0 bridgehead atoms. The summed E-state index contributed by atoms with van der Waals surface area (Å²) in [6.07, 6.45) is 0. The molecule has 1 aliphatic heterocycles. The van der Waals surface area contributed by atoms with Crippen molar-refractivity contribution in [3.8, 4) is 0 Å². The van der Waals surface area contributed by atoms with Gasteiger partial charge in [0.15, 0.2) is 0 Å². The predicted molar refractivity (Wildman–Crippen MR) is 81.5 cm³/mol. The van der Waals surface area contributed by atoms with Crippen LogP contribution in [0.3, 0.4) is 0 Å². The first-order chi connectivity index (χ1) is 9.23. The van der Waals surface area contributed by atoms with E-state index in [0.717, 1.165) is 26.3 Å². The highest BCUT2D eigenvalue weighted by Gasteiger charge is 2.29. The Morgan fingerprint density at radius 1 is 1.30 bits per heavy atom. The van der Waals surface area contributed by atoms with Gasteiger partial charge in [0.05, 0.1) is 19.3 Å². The second kappa shape index (κ2) is 7.38. The lowest BCUT2D eigenvalue weighted by molar-refractivity contribution is -0.125. The minimum absolute atomic E-state index is 0.0589. The Morgan fingerprint density at radius 2 is 1.85 bits per heavy atom. The van der Waals surface area contributed by atoms with Crippen LogP contribution in [0.2, 0.25) is 0 Å². The molecular weight excluding hydrogens is 254 g/mol. The van der Waals surface area contributed by atoms with Crippen LogP contribution in [0, 0.1) is 11.3 Å². The third-order valence-corrected chi connectivity index (χ3v) is 3.99. The number of hydrogen-bond acceptors (Lipinski definition) is 4. The molecule has 0 aromatic heterocycles. The van der Waals surface area contributed by atoms with Gasteiger partial charge in [0.25, 0.3) is 0 Å². The van der Waals surface area contributed by atoms with Crippen molar-refractivity contribution in [1.29, 1.82) is 0 Å². The average molecular weight is 285 g/mol. The summed E-state index contributed by atoms with van der Waals surface area (Å²) in [6, 6.07) is -0.130. The lowest BCUT2D eigenvalue weighted by atomic mass is 9.87. The highest BCUT2D eigenvalue weighted by molar-refractivity contribution is 5.82. The number of morpholine rings is 1. The van der Waals surface area contributed by atoms with Crippen molar-refractivity contribution in [2.75, 3.05) is 32.8 Å². The maximum atomic E-state index is 12.1. The molecule has 2 atom stereocenters. The van der Waals surface area contributed by atoms with Crippen LogP contribution < -0.4 is 11.1 Å². The van der Waals surface area contributed by atoms with Crippen molar-refractivity contribution in [2.24, 2.45) is 17.1 Å². The van der Waals surface area contributed by atoms with Crippen molar-refractivity contribution >= 4 is 5.91 Å². The highest BCUT2D eigenvalue weighted by atomic mass is 16.5. The molecule has 5 nitrogen and oxygen atoms in total. The molecule has 20 heavy (non-hydrogen) atoms. The maximum absolute atomic E-state index is 12.1. The van der Waals surface area contributed by atoms with Crippen molar-refractivity contribution in [1.82, 2.24) is 10.2 Å². The van der Waals surface area contributed by atoms with Crippen molar-refractivity contribution in [3.05, 3.63) is 0 Å². The summed E-state index contributed by atoms with van der Waals surface area (Å²) in [5.41, 5.74) is 5.78. The van der Waals surface area contributed by atoms with Gasteiger partial charge in [-0.25, -0.2) is 0 Å². The van der Waals surface area contributed by atoms with Crippen molar-refractivity contribution in [3.63, 3.8) is 0 Å². The van der Waals surface area contributed by atoms with E-state index in [2.05, 4.69) is 24.1 Å². The van der Waals surface area contributed by atoms with E-state index in [0.29, 0.717) is 18.5 Å². The molecule has 1 fully saturated rings. The van der Waals surface area contributed by atoms with Gasteiger partial charge in [-0.15, -0.1) is 0 Å². The molecule has 3 N–H and O–H groups in total. The van der Waals surface area contributed by atoms with Gasteiger partial charge in [-0.1, -0.05) is 34.6 Å². The van der Waals surface area contributed by atoms with E-state index >= 15 is 0 Å². The van der Waals surface area contributed by atoms with Crippen LogP contribution in [0.15, 0.2) is 0 Å². The van der Waals surface area contributed by atoms with Gasteiger partial charge in [0.1, 0.15) is 0 Å². The summed E-state index contributed by atoms with van der Waals surface area (Å²) >= 11 is 0. The Kier molecular flexibility index (Phi) is 6.43. The molecule has 5 heteroatoms. The van der Waals surface area contributed by atoms with E-state index in [4.69, 9.17) is 10.5 Å². The summed E-state index contributed by atoms with van der Waals surface area (Å²) in [6.45, 7) is 14.4. The van der Waals surface area contributed by atoms with E-state index < -0.39 is 6.04 Å². The smallest absolute Gasteiger partial charge is 0.237 e. The van der Waals surface area contributed by atoms with Gasteiger partial charge < -0.3 is 15.8 Å². The normalized spacial score (nSPS) is 20.8. The summed E-state index contributed by atoms with van der Waals surface area (Å²) in [4.78, 5) is 14.5. The largest absolute Gasteiger partial charge is 0.379 e. The van der Waals surface area contributed by atoms with Gasteiger partial charge in [0.2, 0.25) is 5.91 Å². The summed E-state index contributed by atoms with van der Waals surface area (Å²) < 4.78 is 5.39. The fraction of sp³-hybridized carbons (Fsp3) is 0.933. The molecule has 1 unspecified atom stereocenters. The van der Waals surface area contributed by atoms with Gasteiger partial charge in [-0.2, -0.15) is 0 Å². The predicted octanol–water partition coefficient (Wildman–Crippen LogP) is 0.833. The second-order valence-electron chi connectivity index (χ2n) is 7.05. The molecule has 0 aromatic carbocycles. The summed E-state index contributed by atoms with van der Waals surface area (Å²) in [5.74, 6) is 0.427. The van der Waals surface area contributed by atoms with Crippen molar-refractivity contribution < 1.29 is 9.53 Å². The average Bonchev–Trinajstić information content (AvgIpc) is 2.37. The lowest BCUT2D eigenvalue weighted by Gasteiger charge is -2.37. The molecule has 1 rings (SSSR count). The van der Waals surface area contributed by atoms with Crippen LogP contribution in [0.4, 0.5) is 0 Å². The topological polar surface area (TPSA) is 67.6 Å². The number of nitrogens with zero attached hydrogens (tertiary/aromatic N) is 1. The molecule has 1 heterocycles. The standard InChI is InChI=1S/C15H31N3O2/c1-11(2)12(18-6-8-20-9-7-18)10-17-14(19)13(16)15(3,4)5/h11-13H,6-10,16H2,1-5H3,(H,17,19)/t12?,13-/m1/s1. The van der Waals surface area contributed by atoms with E-state index in [9.17, 15) is 4.79 Å². The maximum Gasteiger partial charge on any atom is 0.237 e. The van der Waals surface area contributed by atoms with Crippen LogP contribution in [-0.4, -0.2) is 55.7 Å². The molecule has 1 saturated heterocycles. The monoisotopic (exact) mass is 285 g/mol. The zero-order valence-corrected chi connectivity index (χ0v) is 13.6. The number of nitrogens with one attached hydrogen (secondary N) is 1. The lowest BCUT2D eigenvalue weighted by Crippen LogP contribution is -2.54. The number of carbonyl (C=O) groups is 1. The number of ether oxygens (including phenoxy) is 1. The van der Waals surface area contributed by atoms with E-state index in [1.807, 2.05) is 20.8 Å². The molecule has 0 spiro atoms. The number of nitrogens with two attached hydrogens (primary N) is 1. The first-order valence-electron chi connectivity index (χ1n) is 7.58. The molecule has 0 radical (unpaired) electrons. The molecule has 0 saturated carbocycles. The zero-order chi connectivity index (χ0) is 15.3. The van der Waals surface area contributed by atoms with Gasteiger partial charge in [-0.05, 0) is 11.3 Å². The zero-order valence-electron chi connectivity index (χ0n) is 13.6. The number of carbonyl (C=O) groups excluding carboxylic acids is 1. The minimum atomic E-state index is -0.472. The first kappa shape index (κ1) is 17.4. The number of hydrogen-bond donors (Lipinski definition) is 2. The van der Waals surface area contributed by atoms with Gasteiger partial charge in [-0.3, -0.25) is 9.69 Å². The molecular formula is C15H31N3O2. The molecule has 118 valence electrons. The van der Waals surface area contributed by atoms with Crippen LogP contribution in [0.25, 0.3) is 0 Å². The van der Waals surface area contributed by atoms with E-state index in [1.54, 1.807) is 0 Å². The van der Waals surface area contributed by atoms with Crippen LogP contribution in [0.1, 0.15) is 34.6 Å². The Balaban J connectivity index is 2.52. The third-order valence-electron chi connectivity index (χ3n) is 3.99. The van der Waals surface area contributed by atoms with E-state index in [-0.39, 0.29) is 11.3 Å². The molecule has 1 aliphatic rings. The van der Waals surface area contributed by atoms with E-state index in [1.165, 1.54) is 0 Å². The van der Waals surface area contributed by atoms with Crippen LogP contribution in [0.5, 0.6) is 0 Å². The number of rotatable bonds is 5. The Hall–Kier alpha value is -0.650. The highest BCUT2D eigenvalue weighted by Crippen LogP contribution is 2.17. The molecule has 0 aliphatic carbocycles. The molecule has 1 amide bonds. The van der Waals surface area contributed by atoms with Crippen molar-refractivity contribution in [2.45, 2.75) is 46.7 Å². The van der Waals surface area contributed by atoms with Crippen LogP contribution in [-0.2, 0) is 9.53 Å². The summed E-state index contributed by atoms with van der Waals surface area (Å²) in [5, 5.41) is 3.02. The second-order valence-corrected chi connectivity index (χ2v) is 7.05. The summed E-state index contributed by atoms with van der Waals surface area (Å²) in [7, 11) is 0. The molecule has 0 aromatic rings. The van der Waals surface area contributed by atoms with Gasteiger partial charge in [0, 0.05) is 25.7 Å². The minimum Gasteiger partial charge on any atom is -0.379 e. The fourth-order valence-corrected chi connectivity index (χ4v) is 2.40. The van der Waals surface area contributed by atoms with Crippen LogP contribution >= 0.6 is 0 Å². The quantitative estimate of drug-likeness (QED) is 0.785. The third kappa shape index (κ3) is 5.04. The SMILES string of the molecule is CC(C)C(CNC(=O)[C@@H](N)C(C)(C)C)N1CCOCC1. The van der Waals surface area contributed by atoms with Gasteiger partial charge >= 0.3 is 0 Å². The first-order valence-corrected chi connectivity index (χ1v) is 7.58. The Morgan fingerprint density at radius 3 is 2.30 bits per heavy atom. The number of amides is 1. The Labute approximate surface area is 123 Å².